The average Bonchev–Trinajstić information content (AvgIpc) is 2.45. The Bertz CT molecular complexity index is 666. The molecular formula is C15H21N3O2S. The van der Waals surface area contributed by atoms with E-state index in [0.717, 1.165) is 18.7 Å². The fraction of sp³-hybridized carbons (Fsp3) is 0.467. The molecule has 2 N–H and O–H groups in total. The summed E-state index contributed by atoms with van der Waals surface area (Å²) in [6, 6.07) is 5.24. The fourth-order valence-corrected chi connectivity index (χ4v) is 3.83. The van der Waals surface area contributed by atoms with Crippen molar-refractivity contribution >= 4 is 10.0 Å². The first-order valence-corrected chi connectivity index (χ1v) is 8.37. The second-order valence-electron chi connectivity index (χ2n) is 5.21. The van der Waals surface area contributed by atoms with Crippen LogP contribution in [0.15, 0.2) is 23.1 Å². The molecule has 1 aromatic rings. The highest BCUT2D eigenvalue weighted by atomic mass is 32.2. The van der Waals surface area contributed by atoms with E-state index in [9.17, 15) is 8.42 Å². The maximum Gasteiger partial charge on any atom is 0.244 e. The van der Waals surface area contributed by atoms with Gasteiger partial charge in [-0.2, -0.15) is 4.31 Å². The van der Waals surface area contributed by atoms with Gasteiger partial charge in [-0.1, -0.05) is 17.9 Å². The number of likely N-dealkylation sites (N-methyl/N-ethyl adjacent to an activating group) is 1. The van der Waals surface area contributed by atoms with Crippen LogP contribution in [0.4, 0.5) is 0 Å². The van der Waals surface area contributed by atoms with Gasteiger partial charge in [-0.3, -0.25) is 0 Å². The molecule has 0 aromatic heterocycles. The van der Waals surface area contributed by atoms with Gasteiger partial charge in [-0.25, -0.2) is 8.42 Å². The van der Waals surface area contributed by atoms with E-state index in [4.69, 9.17) is 5.73 Å². The minimum absolute atomic E-state index is 0.210. The predicted molar refractivity (Wildman–Crippen MR) is 83.4 cm³/mol. The molecule has 0 spiro atoms. The number of aryl methyl sites for hydroxylation is 1. The Morgan fingerprint density at radius 3 is 2.52 bits per heavy atom. The minimum Gasteiger partial charge on any atom is -0.320 e. The maximum absolute atomic E-state index is 12.8. The first-order valence-electron chi connectivity index (χ1n) is 6.93. The van der Waals surface area contributed by atoms with E-state index in [1.165, 1.54) is 4.31 Å². The summed E-state index contributed by atoms with van der Waals surface area (Å²) < 4.78 is 27.1. The van der Waals surface area contributed by atoms with Crippen molar-refractivity contribution in [2.45, 2.75) is 11.8 Å². The number of rotatable bonds is 2. The topological polar surface area (TPSA) is 66.6 Å². The van der Waals surface area contributed by atoms with Gasteiger partial charge in [0.25, 0.3) is 0 Å². The van der Waals surface area contributed by atoms with Crippen LogP contribution in [0.25, 0.3) is 0 Å². The zero-order valence-corrected chi connectivity index (χ0v) is 13.3. The van der Waals surface area contributed by atoms with E-state index in [-0.39, 0.29) is 11.4 Å². The maximum atomic E-state index is 12.8. The summed E-state index contributed by atoms with van der Waals surface area (Å²) in [4.78, 5) is 2.40. The highest BCUT2D eigenvalue weighted by Gasteiger charge is 2.29. The van der Waals surface area contributed by atoms with E-state index in [1.807, 2.05) is 14.0 Å². The number of nitrogens with zero attached hydrogens (tertiary/aromatic N) is 2. The van der Waals surface area contributed by atoms with E-state index in [1.54, 1.807) is 18.2 Å². The van der Waals surface area contributed by atoms with E-state index < -0.39 is 10.0 Å². The molecule has 0 saturated carbocycles. The van der Waals surface area contributed by atoms with Gasteiger partial charge in [-0.15, -0.1) is 0 Å². The Balaban J connectivity index is 2.40. The molecule has 5 nitrogen and oxygen atoms in total. The number of sulfonamides is 1. The normalized spacial score (nSPS) is 17.3. The van der Waals surface area contributed by atoms with Gasteiger partial charge in [0.2, 0.25) is 10.0 Å². The van der Waals surface area contributed by atoms with Gasteiger partial charge in [0.1, 0.15) is 0 Å². The van der Waals surface area contributed by atoms with Crippen molar-refractivity contribution in [1.29, 1.82) is 0 Å². The summed E-state index contributed by atoms with van der Waals surface area (Å²) in [5.41, 5.74) is 6.90. The van der Waals surface area contributed by atoms with Crippen molar-refractivity contribution < 1.29 is 8.42 Å². The third-order valence-electron chi connectivity index (χ3n) is 3.54. The van der Waals surface area contributed by atoms with Crippen molar-refractivity contribution in [3.05, 3.63) is 29.3 Å². The summed E-state index contributed by atoms with van der Waals surface area (Å²) in [5, 5.41) is 0. The number of piperazine rings is 1. The molecule has 114 valence electrons. The van der Waals surface area contributed by atoms with Gasteiger partial charge in [-0.05, 0) is 31.7 Å². The van der Waals surface area contributed by atoms with Gasteiger partial charge >= 0.3 is 0 Å². The lowest BCUT2D eigenvalue weighted by Gasteiger charge is -2.31. The summed E-state index contributed by atoms with van der Waals surface area (Å²) in [5.74, 6) is 5.62. The lowest BCUT2D eigenvalue weighted by Crippen LogP contribution is -2.47. The highest BCUT2D eigenvalue weighted by molar-refractivity contribution is 7.89. The molecule has 1 aromatic carbocycles. The number of nitrogens with two attached hydrogens (primary N) is 1. The Hall–Kier alpha value is -1.39. The molecule has 0 unspecified atom stereocenters. The molecule has 0 atom stereocenters. The third-order valence-corrected chi connectivity index (χ3v) is 5.50. The minimum atomic E-state index is -3.50. The van der Waals surface area contributed by atoms with Crippen molar-refractivity contribution in [2.24, 2.45) is 5.73 Å². The van der Waals surface area contributed by atoms with Crippen molar-refractivity contribution in [3.63, 3.8) is 0 Å². The van der Waals surface area contributed by atoms with Crippen molar-refractivity contribution in [3.8, 4) is 11.8 Å². The third kappa shape index (κ3) is 3.63. The Morgan fingerprint density at radius 2 is 1.90 bits per heavy atom. The summed E-state index contributed by atoms with van der Waals surface area (Å²) >= 11 is 0. The molecule has 1 aliphatic rings. The molecule has 1 saturated heterocycles. The standard InChI is InChI=1S/C15H21N3O2S/c1-13-5-6-15(14(12-13)4-3-7-16)21(19,20)18-10-8-17(2)9-11-18/h5-6,12H,7-11,16H2,1-2H3. The van der Waals surface area contributed by atoms with Crippen molar-refractivity contribution in [2.75, 3.05) is 39.8 Å². The van der Waals surface area contributed by atoms with Gasteiger partial charge in [0.05, 0.1) is 11.4 Å². The number of benzene rings is 1. The molecule has 6 heteroatoms. The number of hydrogen-bond donors (Lipinski definition) is 1. The van der Waals surface area contributed by atoms with Crippen LogP contribution < -0.4 is 5.73 Å². The second-order valence-corrected chi connectivity index (χ2v) is 7.12. The second kappa shape index (κ2) is 6.58. The van der Waals surface area contributed by atoms with Crippen LogP contribution in [0, 0.1) is 18.8 Å². The zero-order valence-electron chi connectivity index (χ0n) is 12.5. The Morgan fingerprint density at radius 1 is 1.24 bits per heavy atom. The monoisotopic (exact) mass is 307 g/mol. The quantitative estimate of drug-likeness (QED) is 0.795. The summed E-state index contributed by atoms with van der Waals surface area (Å²) in [7, 11) is -1.51. The molecule has 0 amide bonds. The van der Waals surface area contributed by atoms with Crippen LogP contribution in [-0.2, 0) is 10.0 Å². The van der Waals surface area contributed by atoms with Crippen LogP contribution in [0.1, 0.15) is 11.1 Å². The molecule has 1 heterocycles. The van der Waals surface area contributed by atoms with E-state index in [2.05, 4.69) is 16.7 Å². The molecule has 21 heavy (non-hydrogen) atoms. The molecule has 1 fully saturated rings. The van der Waals surface area contributed by atoms with Crippen LogP contribution >= 0.6 is 0 Å². The van der Waals surface area contributed by atoms with E-state index >= 15 is 0 Å². The molecule has 0 bridgehead atoms. The summed E-state index contributed by atoms with van der Waals surface area (Å²) in [6.07, 6.45) is 0. The van der Waals surface area contributed by atoms with Gasteiger partial charge in [0.15, 0.2) is 0 Å². The fourth-order valence-electron chi connectivity index (χ4n) is 2.28. The first-order chi connectivity index (χ1) is 9.95. The van der Waals surface area contributed by atoms with Crippen LogP contribution in [0.3, 0.4) is 0 Å². The summed E-state index contributed by atoms with van der Waals surface area (Å²) in [6.45, 7) is 4.64. The molecular weight excluding hydrogens is 286 g/mol. The smallest absolute Gasteiger partial charge is 0.244 e. The molecule has 2 rings (SSSR count). The predicted octanol–water partition coefficient (Wildman–Crippen LogP) is 0.241. The van der Waals surface area contributed by atoms with Crippen molar-refractivity contribution in [1.82, 2.24) is 9.21 Å². The van der Waals surface area contributed by atoms with Crippen LogP contribution in [-0.4, -0.2) is 57.4 Å². The molecule has 0 radical (unpaired) electrons. The Labute approximate surface area is 126 Å². The number of hydrogen-bond acceptors (Lipinski definition) is 4. The van der Waals surface area contributed by atoms with Crippen LogP contribution in [0.5, 0.6) is 0 Å². The van der Waals surface area contributed by atoms with Gasteiger partial charge in [0, 0.05) is 31.7 Å². The van der Waals surface area contributed by atoms with Crippen LogP contribution in [0.2, 0.25) is 0 Å². The zero-order chi connectivity index (χ0) is 15.5. The molecule has 0 aliphatic carbocycles. The molecule has 1 aliphatic heterocycles. The lowest BCUT2D eigenvalue weighted by atomic mass is 10.1. The highest BCUT2D eigenvalue weighted by Crippen LogP contribution is 2.22. The SMILES string of the molecule is Cc1ccc(S(=O)(=O)N2CCN(C)CC2)c(C#CCN)c1. The van der Waals surface area contributed by atoms with Gasteiger partial charge < -0.3 is 10.6 Å². The first kappa shape index (κ1) is 16.0. The van der Waals surface area contributed by atoms with E-state index in [0.29, 0.717) is 18.7 Å². The average molecular weight is 307 g/mol. The lowest BCUT2D eigenvalue weighted by molar-refractivity contribution is 0.222. The largest absolute Gasteiger partial charge is 0.320 e. The Kier molecular flexibility index (Phi) is 5.01.